The Morgan fingerprint density at radius 3 is 2.52 bits per heavy atom. The SMILES string of the molecule is CN(C1CCC(N)CC1)S(=O)(=O)Cc1ccccc1C#N. The van der Waals surface area contributed by atoms with E-state index in [-0.39, 0.29) is 17.8 Å². The van der Waals surface area contributed by atoms with Crippen LogP contribution in [-0.4, -0.2) is 31.9 Å². The fraction of sp³-hybridized carbons (Fsp3) is 0.533. The van der Waals surface area contributed by atoms with Crippen molar-refractivity contribution in [1.29, 1.82) is 5.26 Å². The molecule has 1 fully saturated rings. The summed E-state index contributed by atoms with van der Waals surface area (Å²) in [4.78, 5) is 0. The summed E-state index contributed by atoms with van der Waals surface area (Å²) in [6.45, 7) is 0. The van der Waals surface area contributed by atoms with Gasteiger partial charge < -0.3 is 5.73 Å². The molecule has 1 saturated carbocycles. The first-order chi connectivity index (χ1) is 9.94. The maximum Gasteiger partial charge on any atom is 0.218 e. The third kappa shape index (κ3) is 3.82. The Morgan fingerprint density at radius 2 is 1.90 bits per heavy atom. The minimum absolute atomic E-state index is 0.0176. The molecule has 0 heterocycles. The van der Waals surface area contributed by atoms with E-state index in [9.17, 15) is 8.42 Å². The van der Waals surface area contributed by atoms with E-state index in [0.717, 1.165) is 25.7 Å². The average molecular weight is 307 g/mol. The topological polar surface area (TPSA) is 87.2 Å². The van der Waals surface area contributed by atoms with Crippen molar-refractivity contribution >= 4 is 10.0 Å². The molecule has 0 spiro atoms. The van der Waals surface area contributed by atoms with Gasteiger partial charge in [-0.3, -0.25) is 0 Å². The summed E-state index contributed by atoms with van der Waals surface area (Å²) in [5, 5.41) is 9.06. The van der Waals surface area contributed by atoms with Crippen LogP contribution in [0.2, 0.25) is 0 Å². The number of benzene rings is 1. The highest BCUT2D eigenvalue weighted by molar-refractivity contribution is 7.88. The number of sulfonamides is 1. The second-order valence-corrected chi connectivity index (χ2v) is 7.64. The zero-order valence-corrected chi connectivity index (χ0v) is 13.0. The third-order valence-electron chi connectivity index (χ3n) is 4.17. The van der Waals surface area contributed by atoms with Gasteiger partial charge in [-0.2, -0.15) is 5.26 Å². The van der Waals surface area contributed by atoms with Crippen molar-refractivity contribution in [2.45, 2.75) is 43.5 Å². The first-order valence-electron chi connectivity index (χ1n) is 7.13. The van der Waals surface area contributed by atoms with Crippen LogP contribution in [0.25, 0.3) is 0 Å². The summed E-state index contributed by atoms with van der Waals surface area (Å²) >= 11 is 0. The Balaban J connectivity index is 2.13. The monoisotopic (exact) mass is 307 g/mol. The quantitative estimate of drug-likeness (QED) is 0.915. The second-order valence-electron chi connectivity index (χ2n) is 5.61. The van der Waals surface area contributed by atoms with E-state index in [2.05, 4.69) is 0 Å². The second kappa shape index (κ2) is 6.56. The first kappa shape index (κ1) is 16.0. The van der Waals surface area contributed by atoms with Crippen molar-refractivity contribution in [2.75, 3.05) is 7.05 Å². The van der Waals surface area contributed by atoms with E-state index in [1.54, 1.807) is 31.3 Å². The molecule has 0 atom stereocenters. The van der Waals surface area contributed by atoms with Gasteiger partial charge in [0.15, 0.2) is 0 Å². The summed E-state index contributed by atoms with van der Waals surface area (Å²) < 4.78 is 26.5. The number of nitrogens with two attached hydrogens (primary N) is 1. The summed E-state index contributed by atoms with van der Waals surface area (Å²) in [5.41, 5.74) is 6.84. The molecular formula is C15H21N3O2S. The van der Waals surface area contributed by atoms with Gasteiger partial charge in [0, 0.05) is 19.1 Å². The largest absolute Gasteiger partial charge is 0.328 e. The van der Waals surface area contributed by atoms with Crippen LogP contribution < -0.4 is 5.73 Å². The van der Waals surface area contributed by atoms with Gasteiger partial charge in [0.05, 0.1) is 17.4 Å². The van der Waals surface area contributed by atoms with Gasteiger partial charge in [-0.1, -0.05) is 18.2 Å². The van der Waals surface area contributed by atoms with Crippen LogP contribution in [0.15, 0.2) is 24.3 Å². The number of nitriles is 1. The Labute approximate surface area is 126 Å². The summed E-state index contributed by atoms with van der Waals surface area (Å²) in [7, 11) is -1.79. The molecule has 6 heteroatoms. The van der Waals surface area contributed by atoms with Crippen molar-refractivity contribution in [3.05, 3.63) is 35.4 Å². The molecule has 0 aliphatic heterocycles. The lowest BCUT2D eigenvalue weighted by Gasteiger charge is -2.32. The van der Waals surface area contributed by atoms with E-state index in [0.29, 0.717) is 11.1 Å². The van der Waals surface area contributed by atoms with Gasteiger partial charge in [-0.25, -0.2) is 12.7 Å². The molecule has 0 amide bonds. The molecule has 5 nitrogen and oxygen atoms in total. The lowest BCUT2D eigenvalue weighted by molar-refractivity contribution is 0.268. The molecule has 1 aromatic rings. The lowest BCUT2D eigenvalue weighted by atomic mass is 9.92. The van der Waals surface area contributed by atoms with Crippen molar-refractivity contribution in [3.8, 4) is 6.07 Å². The summed E-state index contributed by atoms with van der Waals surface area (Å²) in [5.74, 6) is -0.129. The van der Waals surface area contributed by atoms with Crippen LogP contribution in [0.1, 0.15) is 36.8 Å². The van der Waals surface area contributed by atoms with Crippen molar-refractivity contribution in [3.63, 3.8) is 0 Å². The predicted molar refractivity (Wildman–Crippen MR) is 81.8 cm³/mol. The molecule has 2 N–H and O–H groups in total. The average Bonchev–Trinajstić information content (AvgIpc) is 2.47. The van der Waals surface area contributed by atoms with E-state index >= 15 is 0 Å². The molecule has 0 radical (unpaired) electrons. The van der Waals surface area contributed by atoms with Gasteiger partial charge in [0.2, 0.25) is 10.0 Å². The zero-order valence-electron chi connectivity index (χ0n) is 12.2. The van der Waals surface area contributed by atoms with Gasteiger partial charge in [-0.05, 0) is 37.3 Å². The molecule has 114 valence electrons. The zero-order chi connectivity index (χ0) is 15.5. The Bertz CT molecular complexity index is 629. The van der Waals surface area contributed by atoms with Gasteiger partial charge in [0.1, 0.15) is 0 Å². The molecule has 0 unspecified atom stereocenters. The molecule has 1 aromatic carbocycles. The maximum atomic E-state index is 12.5. The third-order valence-corrected chi connectivity index (χ3v) is 6.02. The van der Waals surface area contributed by atoms with Gasteiger partial charge in [0.25, 0.3) is 0 Å². The molecule has 0 aromatic heterocycles. The fourth-order valence-corrected chi connectivity index (χ4v) is 4.26. The van der Waals surface area contributed by atoms with Gasteiger partial charge >= 0.3 is 0 Å². The van der Waals surface area contributed by atoms with Crippen molar-refractivity contribution < 1.29 is 8.42 Å². The molecular weight excluding hydrogens is 286 g/mol. The van der Waals surface area contributed by atoms with Crippen LogP contribution in [-0.2, 0) is 15.8 Å². The van der Waals surface area contributed by atoms with E-state index in [4.69, 9.17) is 11.0 Å². The molecule has 1 aliphatic carbocycles. The normalized spacial score (nSPS) is 23.0. The summed E-state index contributed by atoms with van der Waals surface area (Å²) in [6.07, 6.45) is 3.33. The number of rotatable bonds is 4. The summed E-state index contributed by atoms with van der Waals surface area (Å²) in [6, 6.07) is 9.08. The Morgan fingerprint density at radius 1 is 1.29 bits per heavy atom. The standard InChI is InChI=1S/C15H21N3O2S/c1-18(15-8-6-14(17)7-9-15)21(19,20)11-13-5-3-2-4-12(13)10-16/h2-5,14-15H,6-9,11,17H2,1H3. The van der Waals surface area contributed by atoms with E-state index < -0.39 is 10.0 Å². The van der Waals surface area contributed by atoms with E-state index in [1.165, 1.54) is 4.31 Å². The highest BCUT2D eigenvalue weighted by Crippen LogP contribution is 2.25. The minimum Gasteiger partial charge on any atom is -0.328 e. The number of hydrogen-bond donors (Lipinski definition) is 1. The van der Waals surface area contributed by atoms with Crippen LogP contribution in [0.5, 0.6) is 0 Å². The van der Waals surface area contributed by atoms with Crippen molar-refractivity contribution in [1.82, 2.24) is 4.31 Å². The van der Waals surface area contributed by atoms with Gasteiger partial charge in [-0.15, -0.1) is 0 Å². The Hall–Kier alpha value is -1.42. The first-order valence-corrected chi connectivity index (χ1v) is 8.74. The van der Waals surface area contributed by atoms with Crippen LogP contribution in [0, 0.1) is 11.3 Å². The molecule has 0 saturated heterocycles. The van der Waals surface area contributed by atoms with Crippen LogP contribution in [0.3, 0.4) is 0 Å². The van der Waals surface area contributed by atoms with Crippen LogP contribution >= 0.6 is 0 Å². The molecule has 0 bridgehead atoms. The molecule has 1 aliphatic rings. The Kier molecular flexibility index (Phi) is 4.99. The predicted octanol–water partition coefficient (Wildman–Crippen LogP) is 1.59. The lowest BCUT2D eigenvalue weighted by Crippen LogP contribution is -2.42. The highest BCUT2D eigenvalue weighted by Gasteiger charge is 2.29. The minimum atomic E-state index is -3.42. The number of hydrogen-bond acceptors (Lipinski definition) is 4. The van der Waals surface area contributed by atoms with Crippen LogP contribution in [0.4, 0.5) is 0 Å². The van der Waals surface area contributed by atoms with Crippen molar-refractivity contribution in [2.24, 2.45) is 5.73 Å². The smallest absolute Gasteiger partial charge is 0.218 e. The molecule has 2 rings (SSSR count). The van der Waals surface area contributed by atoms with E-state index in [1.807, 2.05) is 6.07 Å². The number of nitrogens with zero attached hydrogens (tertiary/aromatic N) is 2. The fourth-order valence-electron chi connectivity index (χ4n) is 2.75. The highest BCUT2D eigenvalue weighted by atomic mass is 32.2. The molecule has 21 heavy (non-hydrogen) atoms. The maximum absolute atomic E-state index is 12.5.